The molecule has 0 radical (unpaired) electrons. The zero-order valence-electron chi connectivity index (χ0n) is 15.1. The van der Waals surface area contributed by atoms with Crippen LogP contribution in [0.4, 0.5) is 5.69 Å². The second kappa shape index (κ2) is 7.82. The lowest BCUT2D eigenvalue weighted by Crippen LogP contribution is -2.13. The first kappa shape index (κ1) is 18.2. The minimum atomic E-state index is -0.175. The summed E-state index contributed by atoms with van der Waals surface area (Å²) in [6.45, 7) is 0. The van der Waals surface area contributed by atoms with Crippen molar-refractivity contribution in [1.29, 1.82) is 0 Å². The maximum Gasteiger partial charge on any atom is 0.256 e. The van der Waals surface area contributed by atoms with E-state index in [4.69, 9.17) is 9.72 Å². The van der Waals surface area contributed by atoms with Gasteiger partial charge in [-0.05, 0) is 60.7 Å². The fourth-order valence-electron chi connectivity index (χ4n) is 3.02. The zero-order chi connectivity index (χ0) is 19.5. The smallest absolute Gasteiger partial charge is 0.256 e. The number of fused-ring (bicyclic) bond motifs is 1. The quantitative estimate of drug-likeness (QED) is 0.434. The highest BCUT2D eigenvalue weighted by Gasteiger charge is 2.15. The molecule has 138 valence electrons. The van der Waals surface area contributed by atoms with Gasteiger partial charge in [-0.15, -0.1) is 0 Å². The Kier molecular flexibility index (Phi) is 5.08. The number of rotatable bonds is 4. The van der Waals surface area contributed by atoms with Crippen molar-refractivity contribution in [3.05, 3.63) is 88.9 Å². The Hall–Kier alpha value is -3.18. The number of halogens is 1. The van der Waals surface area contributed by atoms with Crippen molar-refractivity contribution in [2.45, 2.75) is 0 Å². The van der Waals surface area contributed by atoms with E-state index in [1.807, 2.05) is 78.9 Å². The second-order valence-electron chi connectivity index (χ2n) is 6.27. The summed E-state index contributed by atoms with van der Waals surface area (Å²) in [5.41, 5.74) is 3.73. The number of ether oxygens (including phenoxy) is 1. The van der Waals surface area contributed by atoms with E-state index in [0.29, 0.717) is 5.56 Å². The Labute approximate surface area is 171 Å². The zero-order valence-corrected chi connectivity index (χ0v) is 16.7. The molecule has 0 aliphatic rings. The van der Waals surface area contributed by atoms with E-state index >= 15 is 0 Å². The summed E-state index contributed by atoms with van der Waals surface area (Å²) in [7, 11) is 1.63. The van der Waals surface area contributed by atoms with Crippen molar-refractivity contribution < 1.29 is 9.53 Å². The summed E-state index contributed by atoms with van der Waals surface area (Å²) in [5.74, 6) is 0.599. The van der Waals surface area contributed by atoms with E-state index in [1.54, 1.807) is 7.11 Å². The number of hydrogen-bond donors (Lipinski definition) is 1. The van der Waals surface area contributed by atoms with Gasteiger partial charge in [0.25, 0.3) is 5.91 Å². The summed E-state index contributed by atoms with van der Waals surface area (Å²) < 4.78 is 6.12. The molecule has 3 aromatic carbocycles. The van der Waals surface area contributed by atoms with Gasteiger partial charge in [0, 0.05) is 21.1 Å². The number of benzene rings is 3. The van der Waals surface area contributed by atoms with Crippen molar-refractivity contribution in [2.75, 3.05) is 12.4 Å². The van der Waals surface area contributed by atoms with E-state index in [0.717, 1.165) is 38.1 Å². The molecule has 5 heteroatoms. The minimum absolute atomic E-state index is 0.175. The van der Waals surface area contributed by atoms with Crippen molar-refractivity contribution in [2.24, 2.45) is 0 Å². The predicted molar refractivity (Wildman–Crippen MR) is 116 cm³/mol. The molecule has 1 amide bonds. The van der Waals surface area contributed by atoms with Gasteiger partial charge in [0.2, 0.25) is 0 Å². The average Bonchev–Trinajstić information content (AvgIpc) is 2.73. The molecule has 0 atom stereocenters. The first-order valence-electron chi connectivity index (χ1n) is 8.75. The van der Waals surface area contributed by atoms with Crippen molar-refractivity contribution in [1.82, 2.24) is 4.98 Å². The van der Waals surface area contributed by atoms with Crippen LogP contribution in [0.5, 0.6) is 5.75 Å². The minimum Gasteiger partial charge on any atom is -0.497 e. The van der Waals surface area contributed by atoms with Crippen LogP contribution in [0.3, 0.4) is 0 Å². The number of nitrogens with zero attached hydrogens (tertiary/aromatic N) is 1. The Balaban J connectivity index is 1.82. The summed E-state index contributed by atoms with van der Waals surface area (Å²) >= 11 is 3.49. The van der Waals surface area contributed by atoms with Gasteiger partial charge in [0.05, 0.1) is 23.9 Å². The Morgan fingerprint density at radius 3 is 2.43 bits per heavy atom. The van der Waals surface area contributed by atoms with Gasteiger partial charge < -0.3 is 10.1 Å². The third-order valence-electron chi connectivity index (χ3n) is 4.43. The molecule has 4 rings (SSSR count). The third-order valence-corrected chi connectivity index (χ3v) is 4.93. The largest absolute Gasteiger partial charge is 0.497 e. The molecule has 1 N–H and O–H groups in total. The lowest BCUT2D eigenvalue weighted by atomic mass is 10.0. The Morgan fingerprint density at radius 2 is 1.71 bits per heavy atom. The number of pyridine rings is 1. The highest BCUT2D eigenvalue weighted by molar-refractivity contribution is 9.10. The van der Waals surface area contributed by atoms with Gasteiger partial charge >= 0.3 is 0 Å². The standard InChI is InChI=1S/C23H17BrN2O2/c1-28-18-10-7-15(8-11-18)22-14-20(19-13-16(24)9-12-21(19)26-22)23(27)25-17-5-3-2-4-6-17/h2-14H,1H3,(H,25,27). The number of nitrogens with one attached hydrogen (secondary N) is 1. The van der Waals surface area contributed by atoms with E-state index < -0.39 is 0 Å². The number of hydrogen-bond acceptors (Lipinski definition) is 3. The molecule has 0 saturated heterocycles. The van der Waals surface area contributed by atoms with Crippen molar-refractivity contribution in [3.63, 3.8) is 0 Å². The van der Waals surface area contributed by atoms with Crippen LogP contribution >= 0.6 is 15.9 Å². The highest BCUT2D eigenvalue weighted by atomic mass is 79.9. The fraction of sp³-hybridized carbons (Fsp3) is 0.0435. The normalized spacial score (nSPS) is 10.6. The molecular weight excluding hydrogens is 416 g/mol. The molecule has 1 aromatic heterocycles. The summed E-state index contributed by atoms with van der Waals surface area (Å²) in [6, 6.07) is 24.6. The molecule has 28 heavy (non-hydrogen) atoms. The molecule has 0 bridgehead atoms. The number of methoxy groups -OCH3 is 1. The molecule has 4 aromatic rings. The van der Waals surface area contributed by atoms with Gasteiger partial charge in [-0.2, -0.15) is 0 Å². The van der Waals surface area contributed by atoms with Crippen LogP contribution in [0.25, 0.3) is 22.2 Å². The summed E-state index contributed by atoms with van der Waals surface area (Å²) in [5, 5.41) is 3.76. The van der Waals surface area contributed by atoms with E-state index in [1.165, 1.54) is 0 Å². The van der Waals surface area contributed by atoms with Crippen molar-refractivity contribution >= 4 is 38.4 Å². The number of carbonyl (C=O) groups is 1. The lowest BCUT2D eigenvalue weighted by molar-refractivity contribution is 0.102. The first-order chi connectivity index (χ1) is 13.6. The monoisotopic (exact) mass is 432 g/mol. The number of anilines is 1. The molecule has 0 spiro atoms. The van der Waals surface area contributed by atoms with Crippen LogP contribution in [0, 0.1) is 0 Å². The molecule has 4 nitrogen and oxygen atoms in total. The molecule has 0 aliphatic carbocycles. The van der Waals surface area contributed by atoms with Crippen LogP contribution in [0.2, 0.25) is 0 Å². The Bertz CT molecular complexity index is 1140. The van der Waals surface area contributed by atoms with E-state index in [9.17, 15) is 4.79 Å². The van der Waals surface area contributed by atoms with Gasteiger partial charge in [-0.25, -0.2) is 4.98 Å². The van der Waals surface area contributed by atoms with Gasteiger partial charge in [0.1, 0.15) is 5.75 Å². The van der Waals surface area contributed by atoms with Crippen LogP contribution in [-0.4, -0.2) is 18.0 Å². The predicted octanol–water partition coefficient (Wildman–Crippen LogP) is 5.93. The second-order valence-corrected chi connectivity index (χ2v) is 7.18. The maximum atomic E-state index is 13.0. The first-order valence-corrected chi connectivity index (χ1v) is 9.54. The third kappa shape index (κ3) is 3.75. The molecule has 0 fully saturated rings. The number of amides is 1. The topological polar surface area (TPSA) is 51.2 Å². The molecule has 1 heterocycles. The molecular formula is C23H17BrN2O2. The number of para-hydroxylation sites is 1. The van der Waals surface area contributed by atoms with Crippen LogP contribution in [0.1, 0.15) is 10.4 Å². The number of aromatic nitrogens is 1. The average molecular weight is 433 g/mol. The van der Waals surface area contributed by atoms with Gasteiger partial charge in [0.15, 0.2) is 0 Å². The SMILES string of the molecule is COc1ccc(-c2cc(C(=O)Nc3ccccc3)c3cc(Br)ccc3n2)cc1. The van der Waals surface area contributed by atoms with E-state index in [2.05, 4.69) is 21.2 Å². The highest BCUT2D eigenvalue weighted by Crippen LogP contribution is 2.28. The van der Waals surface area contributed by atoms with E-state index in [-0.39, 0.29) is 5.91 Å². The molecule has 0 aliphatic heterocycles. The number of carbonyl (C=O) groups excluding carboxylic acids is 1. The van der Waals surface area contributed by atoms with Crippen molar-refractivity contribution in [3.8, 4) is 17.0 Å². The molecule has 0 unspecified atom stereocenters. The van der Waals surface area contributed by atoms with Crippen LogP contribution in [0.15, 0.2) is 83.3 Å². The summed E-state index contributed by atoms with van der Waals surface area (Å²) in [4.78, 5) is 17.8. The van der Waals surface area contributed by atoms with Gasteiger partial charge in [-0.3, -0.25) is 4.79 Å². The molecule has 0 saturated carbocycles. The maximum absolute atomic E-state index is 13.0. The summed E-state index contributed by atoms with van der Waals surface area (Å²) in [6.07, 6.45) is 0. The van der Waals surface area contributed by atoms with Crippen LogP contribution < -0.4 is 10.1 Å². The van der Waals surface area contributed by atoms with Gasteiger partial charge in [-0.1, -0.05) is 34.1 Å². The lowest BCUT2D eigenvalue weighted by Gasteiger charge is -2.11. The Morgan fingerprint density at radius 1 is 0.964 bits per heavy atom. The van der Waals surface area contributed by atoms with Crippen LogP contribution in [-0.2, 0) is 0 Å². The fourth-order valence-corrected chi connectivity index (χ4v) is 3.38.